The predicted molar refractivity (Wildman–Crippen MR) is 97.4 cm³/mol. The molecule has 0 bridgehead atoms. The van der Waals surface area contributed by atoms with Crippen molar-refractivity contribution in [2.75, 3.05) is 4.90 Å². The van der Waals surface area contributed by atoms with Gasteiger partial charge in [-0.3, -0.25) is 4.79 Å². The first-order valence-corrected chi connectivity index (χ1v) is 7.98. The molecule has 2 N–H and O–H groups in total. The molecule has 142 valence electrons. The summed E-state index contributed by atoms with van der Waals surface area (Å²) < 4.78 is 10.5. The number of primary amides is 1. The second-order valence-electron chi connectivity index (χ2n) is 7.48. The number of rotatable bonds is 3. The fraction of sp³-hybridized carbons (Fsp3) is 0.444. The Morgan fingerprint density at radius 1 is 1.00 bits per heavy atom. The highest BCUT2D eigenvalue weighted by molar-refractivity contribution is 6.08. The van der Waals surface area contributed by atoms with Crippen LogP contribution in [0.3, 0.4) is 0 Å². The van der Waals surface area contributed by atoms with Gasteiger partial charge >= 0.3 is 12.2 Å². The molecule has 0 aliphatic carbocycles. The minimum Gasteiger partial charge on any atom is -0.443 e. The Kier molecular flexibility index (Phi) is 6.49. The van der Waals surface area contributed by atoms with Crippen LogP contribution in [0.15, 0.2) is 24.4 Å². The Hall–Kier alpha value is -2.90. The summed E-state index contributed by atoms with van der Waals surface area (Å²) in [6, 6.07) is 3.01. The van der Waals surface area contributed by atoms with E-state index in [0.29, 0.717) is 5.56 Å². The summed E-state index contributed by atoms with van der Waals surface area (Å²) in [7, 11) is 0. The van der Waals surface area contributed by atoms with Crippen LogP contribution >= 0.6 is 0 Å². The molecule has 26 heavy (non-hydrogen) atoms. The molecule has 1 heterocycles. The Morgan fingerprint density at radius 2 is 1.50 bits per heavy atom. The van der Waals surface area contributed by atoms with Gasteiger partial charge in [-0.1, -0.05) is 0 Å². The Labute approximate surface area is 153 Å². The molecule has 8 nitrogen and oxygen atoms in total. The molecule has 0 spiro atoms. The molecule has 0 radical (unpaired) electrons. The molecule has 1 aromatic rings. The summed E-state index contributed by atoms with van der Waals surface area (Å²) >= 11 is 0. The summed E-state index contributed by atoms with van der Waals surface area (Å²) in [6.45, 7) is 10.1. The summed E-state index contributed by atoms with van der Waals surface area (Å²) in [6.07, 6.45) is 2.22. The number of hydrogen-bond donors (Lipinski definition) is 1. The maximum Gasteiger partial charge on any atom is 0.425 e. The van der Waals surface area contributed by atoms with Crippen LogP contribution in [-0.4, -0.2) is 34.3 Å². The quantitative estimate of drug-likeness (QED) is 0.825. The lowest BCUT2D eigenvalue weighted by atomic mass is 10.2. The first kappa shape index (κ1) is 21.1. The molecule has 0 saturated carbocycles. The van der Waals surface area contributed by atoms with Gasteiger partial charge in [0.25, 0.3) is 0 Å². The standard InChI is InChI=1S/C18H25N3O5/c1-17(2,3)25-15(23)21(16(24)26-18(4,5)6)14-10-8-12(11-20-14)7-9-13(19)22/h7-11H,1-6H3,(H2,19,22)/b9-7+. The predicted octanol–water partition coefficient (Wildman–Crippen LogP) is 3.26. The van der Waals surface area contributed by atoms with E-state index in [4.69, 9.17) is 15.2 Å². The number of pyridine rings is 1. The second-order valence-corrected chi connectivity index (χ2v) is 7.48. The third kappa shape index (κ3) is 7.33. The lowest BCUT2D eigenvalue weighted by molar-refractivity contribution is -0.113. The SMILES string of the molecule is CC(C)(C)OC(=O)N(C(=O)OC(C)(C)C)c1ccc(/C=C/C(N)=O)cn1. The summed E-state index contributed by atoms with van der Waals surface area (Å²) in [5.74, 6) is -0.567. The average Bonchev–Trinajstić information content (AvgIpc) is 2.42. The van der Waals surface area contributed by atoms with Crippen LogP contribution in [0, 0.1) is 0 Å². The highest BCUT2D eigenvalue weighted by atomic mass is 16.6. The minimum absolute atomic E-state index is 0.0322. The first-order valence-electron chi connectivity index (χ1n) is 7.98. The van der Waals surface area contributed by atoms with E-state index in [1.807, 2.05) is 0 Å². The smallest absolute Gasteiger partial charge is 0.425 e. The van der Waals surface area contributed by atoms with Gasteiger partial charge in [0.1, 0.15) is 17.0 Å². The van der Waals surface area contributed by atoms with E-state index in [2.05, 4.69) is 4.98 Å². The molecule has 8 heteroatoms. The summed E-state index contributed by atoms with van der Waals surface area (Å²) in [5, 5.41) is 0. The molecule has 0 aliphatic heterocycles. The topological polar surface area (TPSA) is 112 Å². The number of anilines is 1. The molecule has 0 aromatic carbocycles. The highest BCUT2D eigenvalue weighted by Gasteiger charge is 2.33. The van der Waals surface area contributed by atoms with Crippen LogP contribution in [0.4, 0.5) is 15.4 Å². The fourth-order valence-electron chi connectivity index (χ4n) is 1.68. The maximum absolute atomic E-state index is 12.5. The van der Waals surface area contributed by atoms with Crippen molar-refractivity contribution in [2.45, 2.75) is 52.7 Å². The van der Waals surface area contributed by atoms with Crippen molar-refractivity contribution in [3.63, 3.8) is 0 Å². The van der Waals surface area contributed by atoms with Crippen LogP contribution < -0.4 is 10.6 Å². The summed E-state index contributed by atoms with van der Waals surface area (Å²) in [5.41, 5.74) is 4.00. The van der Waals surface area contributed by atoms with Gasteiger partial charge in [-0.15, -0.1) is 0 Å². The average molecular weight is 363 g/mol. The molecule has 0 unspecified atom stereocenters. The van der Waals surface area contributed by atoms with Gasteiger partial charge in [-0.2, -0.15) is 4.90 Å². The van der Waals surface area contributed by atoms with Crippen molar-refractivity contribution in [3.05, 3.63) is 30.0 Å². The molecule has 0 saturated heterocycles. The van der Waals surface area contributed by atoms with Crippen molar-refractivity contribution < 1.29 is 23.9 Å². The van der Waals surface area contributed by atoms with Crippen LogP contribution in [-0.2, 0) is 14.3 Å². The zero-order valence-electron chi connectivity index (χ0n) is 15.9. The number of ether oxygens (including phenoxy) is 2. The monoisotopic (exact) mass is 363 g/mol. The number of nitrogens with zero attached hydrogens (tertiary/aromatic N) is 2. The Bertz CT molecular complexity index is 669. The van der Waals surface area contributed by atoms with Gasteiger partial charge in [0.2, 0.25) is 5.91 Å². The third-order valence-electron chi connectivity index (χ3n) is 2.59. The molecule has 0 aliphatic rings. The molecule has 0 atom stereocenters. The van der Waals surface area contributed by atoms with Crippen molar-refractivity contribution >= 4 is 30.0 Å². The number of aromatic nitrogens is 1. The van der Waals surface area contributed by atoms with E-state index in [0.717, 1.165) is 4.90 Å². The molecule has 0 fully saturated rings. The number of nitrogens with two attached hydrogens (primary N) is 1. The molecule has 1 rings (SSSR count). The van der Waals surface area contributed by atoms with Crippen LogP contribution in [0.1, 0.15) is 47.1 Å². The number of carbonyl (C=O) groups is 3. The Morgan fingerprint density at radius 3 is 1.85 bits per heavy atom. The number of carbonyl (C=O) groups excluding carboxylic acids is 3. The molecule has 3 amide bonds. The van der Waals surface area contributed by atoms with Gasteiger partial charge in [-0.25, -0.2) is 14.6 Å². The largest absolute Gasteiger partial charge is 0.443 e. The van der Waals surface area contributed by atoms with E-state index in [9.17, 15) is 14.4 Å². The van der Waals surface area contributed by atoms with Crippen molar-refractivity contribution in [1.29, 1.82) is 0 Å². The number of imide groups is 1. The van der Waals surface area contributed by atoms with Crippen LogP contribution in [0.5, 0.6) is 0 Å². The van der Waals surface area contributed by atoms with E-state index in [1.54, 1.807) is 47.6 Å². The van der Waals surface area contributed by atoms with Crippen LogP contribution in [0.2, 0.25) is 0 Å². The van der Waals surface area contributed by atoms with Crippen molar-refractivity contribution in [2.24, 2.45) is 5.73 Å². The fourth-order valence-corrected chi connectivity index (χ4v) is 1.68. The van der Waals surface area contributed by atoms with E-state index in [1.165, 1.54) is 24.4 Å². The van der Waals surface area contributed by atoms with E-state index < -0.39 is 29.3 Å². The normalized spacial score (nSPS) is 11.9. The van der Waals surface area contributed by atoms with Gasteiger partial charge < -0.3 is 15.2 Å². The van der Waals surface area contributed by atoms with Gasteiger partial charge in [0.15, 0.2) is 0 Å². The maximum atomic E-state index is 12.5. The van der Waals surface area contributed by atoms with E-state index >= 15 is 0 Å². The molecule has 1 aromatic heterocycles. The number of amides is 3. The summed E-state index contributed by atoms with van der Waals surface area (Å²) in [4.78, 5) is 40.5. The molecular weight excluding hydrogens is 338 g/mol. The lowest BCUT2D eigenvalue weighted by Gasteiger charge is -2.28. The van der Waals surface area contributed by atoms with Crippen molar-refractivity contribution in [1.82, 2.24) is 4.98 Å². The first-order chi connectivity index (χ1) is 11.8. The third-order valence-corrected chi connectivity index (χ3v) is 2.59. The highest BCUT2D eigenvalue weighted by Crippen LogP contribution is 2.20. The lowest BCUT2D eigenvalue weighted by Crippen LogP contribution is -2.44. The zero-order chi connectivity index (χ0) is 20.1. The van der Waals surface area contributed by atoms with Gasteiger partial charge in [-0.05, 0) is 65.3 Å². The zero-order valence-corrected chi connectivity index (χ0v) is 15.9. The van der Waals surface area contributed by atoms with Crippen molar-refractivity contribution in [3.8, 4) is 0 Å². The van der Waals surface area contributed by atoms with Crippen LogP contribution in [0.25, 0.3) is 6.08 Å². The van der Waals surface area contributed by atoms with Gasteiger partial charge in [0.05, 0.1) is 0 Å². The number of hydrogen-bond acceptors (Lipinski definition) is 6. The second kappa shape index (κ2) is 7.99. The molecular formula is C18H25N3O5. The minimum atomic E-state index is -0.903. The van der Waals surface area contributed by atoms with E-state index in [-0.39, 0.29) is 5.82 Å². The van der Waals surface area contributed by atoms with Gasteiger partial charge in [0, 0.05) is 12.3 Å². The Balaban J connectivity index is 3.17.